The minimum atomic E-state index is -0.373. The summed E-state index contributed by atoms with van der Waals surface area (Å²) in [5, 5.41) is 0. The van der Waals surface area contributed by atoms with Crippen LogP contribution in [0.15, 0.2) is 18.2 Å². The van der Waals surface area contributed by atoms with Gasteiger partial charge < -0.3 is 4.74 Å². The van der Waals surface area contributed by atoms with Crippen molar-refractivity contribution in [3.8, 4) is 11.8 Å². The van der Waals surface area contributed by atoms with Crippen LogP contribution in [0.3, 0.4) is 0 Å². The third kappa shape index (κ3) is 3.43. The number of carbonyl (C=O) groups excluding carboxylic acids is 1. The Bertz CT molecular complexity index is 427. The molecule has 0 spiro atoms. The van der Waals surface area contributed by atoms with Gasteiger partial charge in [0, 0.05) is 5.56 Å². The number of aryl methyl sites for hydroxylation is 1. The largest absolute Gasteiger partial charge is 0.468 e. The summed E-state index contributed by atoms with van der Waals surface area (Å²) in [6, 6.07) is 4.34. The van der Waals surface area contributed by atoms with Crippen molar-refractivity contribution < 1.29 is 13.9 Å². The van der Waals surface area contributed by atoms with Crippen LogP contribution in [0.1, 0.15) is 17.5 Å². The van der Waals surface area contributed by atoms with E-state index in [-0.39, 0.29) is 18.2 Å². The zero-order chi connectivity index (χ0) is 11.3. The molecular weight excluding hydrogens is 195 g/mol. The molecule has 2 nitrogen and oxygen atoms in total. The highest BCUT2D eigenvalue weighted by molar-refractivity contribution is 5.72. The normalized spacial score (nSPS) is 9.00. The molecule has 0 radical (unpaired) electrons. The Balaban J connectivity index is 2.76. The molecule has 0 fully saturated rings. The lowest BCUT2D eigenvalue weighted by atomic mass is 10.1. The quantitative estimate of drug-likeness (QED) is 0.519. The summed E-state index contributed by atoms with van der Waals surface area (Å²) < 4.78 is 17.2. The molecule has 78 valence electrons. The Morgan fingerprint density at radius 3 is 2.87 bits per heavy atom. The van der Waals surface area contributed by atoms with E-state index in [0.29, 0.717) is 0 Å². The van der Waals surface area contributed by atoms with E-state index in [0.717, 1.165) is 11.1 Å². The lowest BCUT2D eigenvalue weighted by Gasteiger charge is -1.96. The average molecular weight is 206 g/mol. The lowest BCUT2D eigenvalue weighted by Crippen LogP contribution is -1.97. The predicted molar refractivity (Wildman–Crippen MR) is 54.6 cm³/mol. The second-order valence-corrected chi connectivity index (χ2v) is 3.01. The first-order chi connectivity index (χ1) is 7.13. The molecule has 15 heavy (non-hydrogen) atoms. The molecule has 0 saturated heterocycles. The van der Waals surface area contributed by atoms with Crippen molar-refractivity contribution in [1.82, 2.24) is 0 Å². The Kier molecular flexibility index (Phi) is 3.87. The van der Waals surface area contributed by atoms with E-state index in [1.165, 1.54) is 19.2 Å². The second kappa shape index (κ2) is 5.16. The highest BCUT2D eigenvalue weighted by Crippen LogP contribution is 2.08. The monoisotopic (exact) mass is 206 g/mol. The van der Waals surface area contributed by atoms with Gasteiger partial charge >= 0.3 is 5.97 Å². The van der Waals surface area contributed by atoms with Gasteiger partial charge in [0.1, 0.15) is 12.2 Å². The van der Waals surface area contributed by atoms with Crippen LogP contribution in [-0.2, 0) is 9.53 Å². The fourth-order valence-electron chi connectivity index (χ4n) is 1.05. The summed E-state index contributed by atoms with van der Waals surface area (Å²) in [5.74, 6) is 4.79. The van der Waals surface area contributed by atoms with Gasteiger partial charge in [-0.05, 0) is 30.7 Å². The van der Waals surface area contributed by atoms with Gasteiger partial charge in [-0.2, -0.15) is 0 Å². The number of benzene rings is 1. The summed E-state index contributed by atoms with van der Waals surface area (Å²) in [4.78, 5) is 10.8. The molecule has 0 aliphatic carbocycles. The minimum Gasteiger partial charge on any atom is -0.468 e. The number of esters is 1. The molecule has 1 aromatic carbocycles. The van der Waals surface area contributed by atoms with E-state index in [1.807, 2.05) is 0 Å². The number of carbonyl (C=O) groups is 1. The van der Waals surface area contributed by atoms with Crippen LogP contribution in [0.4, 0.5) is 4.39 Å². The average Bonchev–Trinajstić information content (AvgIpc) is 2.21. The van der Waals surface area contributed by atoms with Gasteiger partial charge in [-0.15, -0.1) is 0 Å². The number of hydrogen-bond donors (Lipinski definition) is 0. The van der Waals surface area contributed by atoms with E-state index >= 15 is 0 Å². The maximum atomic E-state index is 12.7. The predicted octanol–water partition coefficient (Wildman–Crippen LogP) is 2.05. The zero-order valence-corrected chi connectivity index (χ0v) is 8.63. The third-order valence-corrected chi connectivity index (χ3v) is 1.87. The summed E-state index contributed by atoms with van der Waals surface area (Å²) >= 11 is 0. The maximum absolute atomic E-state index is 12.7. The van der Waals surface area contributed by atoms with E-state index in [2.05, 4.69) is 16.6 Å². The van der Waals surface area contributed by atoms with Crippen LogP contribution >= 0.6 is 0 Å². The third-order valence-electron chi connectivity index (χ3n) is 1.87. The Hall–Kier alpha value is -1.82. The van der Waals surface area contributed by atoms with Gasteiger partial charge in [0.05, 0.1) is 7.11 Å². The van der Waals surface area contributed by atoms with Crippen LogP contribution in [0.25, 0.3) is 0 Å². The molecule has 0 aliphatic heterocycles. The highest BCUT2D eigenvalue weighted by Gasteiger charge is 1.97. The molecule has 1 aromatic rings. The molecule has 3 heteroatoms. The van der Waals surface area contributed by atoms with Gasteiger partial charge in [0.25, 0.3) is 0 Å². The van der Waals surface area contributed by atoms with Crippen molar-refractivity contribution in [2.45, 2.75) is 13.3 Å². The Morgan fingerprint density at radius 1 is 1.53 bits per heavy atom. The summed E-state index contributed by atoms with van der Waals surface area (Å²) in [6.45, 7) is 1.77. The molecular formula is C12H11FO2. The molecule has 0 bridgehead atoms. The van der Waals surface area contributed by atoms with E-state index in [4.69, 9.17) is 0 Å². The smallest absolute Gasteiger partial charge is 0.317 e. The highest BCUT2D eigenvalue weighted by atomic mass is 19.1. The van der Waals surface area contributed by atoms with Crippen molar-refractivity contribution in [2.75, 3.05) is 7.11 Å². The molecule has 0 unspecified atom stereocenters. The van der Waals surface area contributed by atoms with Gasteiger partial charge in [-0.1, -0.05) is 11.8 Å². The van der Waals surface area contributed by atoms with E-state index < -0.39 is 0 Å². The lowest BCUT2D eigenvalue weighted by molar-refractivity contribution is -0.139. The van der Waals surface area contributed by atoms with Crippen molar-refractivity contribution in [3.63, 3.8) is 0 Å². The van der Waals surface area contributed by atoms with E-state index in [1.54, 1.807) is 13.0 Å². The number of hydrogen-bond acceptors (Lipinski definition) is 2. The first kappa shape index (κ1) is 11.3. The molecule has 0 heterocycles. The summed E-state index contributed by atoms with van der Waals surface area (Å²) in [6.07, 6.45) is 0.0489. The van der Waals surface area contributed by atoms with Crippen LogP contribution in [0.2, 0.25) is 0 Å². The Labute approximate surface area is 88.1 Å². The standard InChI is InChI=1S/C12H11FO2/c1-9-8-11(13)7-6-10(9)4-3-5-12(14)15-2/h6-8H,5H2,1-2H3. The molecule has 0 N–H and O–H groups in total. The molecule has 0 atom stereocenters. The zero-order valence-electron chi connectivity index (χ0n) is 8.63. The topological polar surface area (TPSA) is 26.3 Å². The van der Waals surface area contributed by atoms with Gasteiger partial charge in [0.15, 0.2) is 0 Å². The van der Waals surface area contributed by atoms with Crippen molar-refractivity contribution in [2.24, 2.45) is 0 Å². The van der Waals surface area contributed by atoms with Crippen LogP contribution < -0.4 is 0 Å². The van der Waals surface area contributed by atoms with Crippen molar-refractivity contribution in [1.29, 1.82) is 0 Å². The minimum absolute atomic E-state index is 0.0489. The first-order valence-electron chi connectivity index (χ1n) is 4.45. The van der Waals surface area contributed by atoms with Crippen molar-refractivity contribution >= 4 is 5.97 Å². The molecule has 0 amide bonds. The maximum Gasteiger partial charge on any atom is 0.317 e. The van der Waals surface area contributed by atoms with E-state index in [9.17, 15) is 9.18 Å². The SMILES string of the molecule is COC(=O)CC#Cc1ccc(F)cc1C. The molecule has 0 aromatic heterocycles. The molecule has 0 saturated carbocycles. The van der Waals surface area contributed by atoms with Crippen molar-refractivity contribution in [3.05, 3.63) is 35.1 Å². The van der Waals surface area contributed by atoms with Gasteiger partial charge in [-0.25, -0.2) is 4.39 Å². The summed E-state index contributed by atoms with van der Waals surface area (Å²) in [7, 11) is 1.31. The van der Waals surface area contributed by atoms with Crippen LogP contribution in [0.5, 0.6) is 0 Å². The first-order valence-corrected chi connectivity index (χ1v) is 4.45. The second-order valence-electron chi connectivity index (χ2n) is 3.01. The van der Waals surface area contributed by atoms with Gasteiger partial charge in [0.2, 0.25) is 0 Å². The number of ether oxygens (including phenoxy) is 1. The fraction of sp³-hybridized carbons (Fsp3) is 0.250. The number of methoxy groups -OCH3 is 1. The fourth-order valence-corrected chi connectivity index (χ4v) is 1.05. The molecule has 1 rings (SSSR count). The Morgan fingerprint density at radius 2 is 2.27 bits per heavy atom. The van der Waals surface area contributed by atoms with Crippen LogP contribution in [-0.4, -0.2) is 13.1 Å². The van der Waals surface area contributed by atoms with Gasteiger partial charge in [-0.3, -0.25) is 4.79 Å². The van der Waals surface area contributed by atoms with Crippen LogP contribution in [0, 0.1) is 24.6 Å². The number of rotatable bonds is 1. The number of halogens is 1. The summed E-state index contributed by atoms with van der Waals surface area (Å²) in [5.41, 5.74) is 1.48. The molecule has 0 aliphatic rings.